The van der Waals surface area contributed by atoms with Crippen LogP contribution in [-0.4, -0.2) is 62.7 Å². The molecule has 10 nitrogen and oxygen atoms in total. The second-order valence-corrected chi connectivity index (χ2v) is 11.9. The van der Waals surface area contributed by atoms with E-state index < -0.39 is 17.5 Å². The van der Waals surface area contributed by atoms with Gasteiger partial charge in [-0.1, -0.05) is 32.9 Å². The molecule has 0 saturated carbocycles. The average molecular weight is 548 g/mol. The van der Waals surface area contributed by atoms with E-state index in [1.165, 1.54) is 6.33 Å². The summed E-state index contributed by atoms with van der Waals surface area (Å²) in [5.41, 5.74) is 1.64. The topological polar surface area (TPSA) is 120 Å². The molecule has 2 fully saturated rings. The van der Waals surface area contributed by atoms with Crippen LogP contribution in [0.5, 0.6) is 17.5 Å². The Kier molecular flexibility index (Phi) is 9.22. The number of carbonyl (C=O) groups is 1. The summed E-state index contributed by atoms with van der Waals surface area (Å²) in [5, 5.41) is 9.58. The van der Waals surface area contributed by atoms with Crippen molar-refractivity contribution in [3.05, 3.63) is 41.7 Å². The van der Waals surface area contributed by atoms with E-state index in [-0.39, 0.29) is 17.4 Å². The Bertz CT molecular complexity index is 1110. The molecule has 2 atom stereocenters. The first-order valence-corrected chi connectivity index (χ1v) is 14.0. The van der Waals surface area contributed by atoms with E-state index in [2.05, 4.69) is 30.7 Å². The molecule has 0 bridgehead atoms. The fraction of sp³-hybridized carbons (Fsp3) is 0.593. The molecule has 1 amide bonds. The number of likely N-dealkylation sites (tertiary alicyclic amines) is 1. The zero-order valence-electron chi connectivity index (χ0n) is 22.4. The Morgan fingerprint density at radius 2 is 1.84 bits per heavy atom. The van der Waals surface area contributed by atoms with Gasteiger partial charge in [-0.15, -0.1) is 0 Å². The van der Waals surface area contributed by atoms with Gasteiger partial charge in [0.15, 0.2) is 0 Å². The van der Waals surface area contributed by atoms with Crippen molar-refractivity contribution in [2.75, 3.05) is 26.4 Å². The second kappa shape index (κ2) is 12.4. The molecule has 0 unspecified atom stereocenters. The van der Waals surface area contributed by atoms with Gasteiger partial charge in [0.2, 0.25) is 11.8 Å². The van der Waals surface area contributed by atoms with Crippen LogP contribution in [0.4, 0.5) is 4.79 Å². The monoisotopic (exact) mass is 547 g/mol. The van der Waals surface area contributed by atoms with Gasteiger partial charge >= 0.3 is 17.5 Å². The van der Waals surface area contributed by atoms with Crippen LogP contribution in [-0.2, 0) is 19.7 Å². The van der Waals surface area contributed by atoms with Crippen LogP contribution < -0.4 is 9.47 Å². The van der Waals surface area contributed by atoms with Crippen molar-refractivity contribution in [1.82, 2.24) is 14.9 Å². The van der Waals surface area contributed by atoms with E-state index >= 15 is 0 Å². The highest BCUT2D eigenvalue weighted by Crippen LogP contribution is 2.36. The fourth-order valence-corrected chi connectivity index (χ4v) is 5.65. The van der Waals surface area contributed by atoms with Crippen molar-refractivity contribution in [3.8, 4) is 17.5 Å². The third-order valence-corrected chi connectivity index (χ3v) is 7.90. The Morgan fingerprint density at radius 1 is 1.16 bits per heavy atom. The minimum Gasteiger partial charge on any atom is -0.477 e. The summed E-state index contributed by atoms with van der Waals surface area (Å²) in [6, 6.07) is 7.58. The maximum atomic E-state index is 11.7. The molecule has 1 N–H and O–H groups in total. The van der Waals surface area contributed by atoms with Crippen molar-refractivity contribution >= 4 is 17.5 Å². The third-order valence-electron chi connectivity index (χ3n) is 7.24. The summed E-state index contributed by atoms with van der Waals surface area (Å²) in [6.07, 6.45) is 4.19. The number of nitrogens with zero attached hydrogens (tertiary/aromatic N) is 3. The van der Waals surface area contributed by atoms with Gasteiger partial charge in [0, 0.05) is 18.5 Å². The number of aromatic nitrogens is 2. The van der Waals surface area contributed by atoms with Crippen LogP contribution >= 0.6 is 0 Å². The number of benzene rings is 1. The highest BCUT2D eigenvalue weighted by atomic mass is 32.2. The Balaban J connectivity index is 1.27. The molecule has 11 heteroatoms. The molecule has 2 saturated heterocycles. The van der Waals surface area contributed by atoms with Gasteiger partial charge in [-0.25, -0.2) is 14.8 Å². The quantitative estimate of drug-likeness (QED) is 0.442. The lowest BCUT2D eigenvalue weighted by atomic mass is 9.76. The van der Waals surface area contributed by atoms with Gasteiger partial charge in [0.05, 0.1) is 25.4 Å². The highest BCUT2D eigenvalue weighted by Gasteiger charge is 2.38. The van der Waals surface area contributed by atoms with Crippen molar-refractivity contribution in [2.24, 2.45) is 11.3 Å². The fourth-order valence-electron chi connectivity index (χ4n) is 5.03. The molecule has 208 valence electrons. The largest absolute Gasteiger partial charge is 0.477 e. The van der Waals surface area contributed by atoms with E-state index in [1.807, 2.05) is 31.2 Å². The van der Waals surface area contributed by atoms with E-state index in [0.29, 0.717) is 49.8 Å². The smallest absolute Gasteiger partial charge is 0.407 e. The normalized spacial score (nSPS) is 24.2. The van der Waals surface area contributed by atoms with Crippen LogP contribution in [0.15, 0.2) is 30.6 Å². The molecular weight excluding hydrogens is 510 g/mol. The van der Waals surface area contributed by atoms with Crippen molar-refractivity contribution in [1.29, 1.82) is 0 Å². The first-order valence-electron chi connectivity index (χ1n) is 13.0. The van der Waals surface area contributed by atoms with Crippen molar-refractivity contribution < 1.29 is 31.9 Å². The van der Waals surface area contributed by atoms with Crippen LogP contribution in [0.25, 0.3) is 0 Å². The standard InChI is InChI=1S/C27H37N3O7S/c1-18-24(34-13-5-6-19-11-12-30(26(31)32)23(14-19)27(2,3)4)28-17-29-25(18)37-22-9-7-20(8-10-22)21-15-35-38(33)36-16-21/h7-10,17,19,21,23H,5-6,11-16H2,1-4H3,(H,31,32)/t19-,21?,23+,38?/m1/s1. The zero-order valence-corrected chi connectivity index (χ0v) is 23.2. The molecule has 3 heterocycles. The highest BCUT2D eigenvalue weighted by molar-refractivity contribution is 7.75. The van der Waals surface area contributed by atoms with Crippen molar-refractivity contribution in [3.63, 3.8) is 0 Å². The molecule has 2 aliphatic heterocycles. The molecule has 2 aliphatic rings. The number of hydrogen-bond donors (Lipinski definition) is 1. The molecule has 0 spiro atoms. The number of ether oxygens (including phenoxy) is 2. The summed E-state index contributed by atoms with van der Waals surface area (Å²) in [5.74, 6) is 2.04. The molecular formula is C27H37N3O7S. The Labute approximate surface area is 226 Å². The van der Waals surface area contributed by atoms with Gasteiger partial charge < -0.3 is 19.5 Å². The van der Waals surface area contributed by atoms with Crippen LogP contribution in [0, 0.1) is 18.3 Å². The van der Waals surface area contributed by atoms with Gasteiger partial charge in [0.25, 0.3) is 0 Å². The number of amides is 1. The van der Waals surface area contributed by atoms with Crippen LogP contribution in [0.3, 0.4) is 0 Å². The van der Waals surface area contributed by atoms with Gasteiger partial charge in [-0.2, -0.15) is 4.21 Å². The van der Waals surface area contributed by atoms with Gasteiger partial charge in [0.1, 0.15) is 12.1 Å². The number of rotatable bonds is 8. The molecule has 1 aromatic heterocycles. The SMILES string of the molecule is Cc1c(OCCC[C@@H]2CCN(C(=O)O)[C@H](C(C)(C)C)C2)ncnc1Oc1ccc(C2COS(=O)OC2)cc1. The van der Waals surface area contributed by atoms with E-state index in [0.717, 1.165) is 36.8 Å². The van der Waals surface area contributed by atoms with E-state index in [1.54, 1.807) is 4.90 Å². The lowest BCUT2D eigenvalue weighted by molar-refractivity contribution is 0.0379. The van der Waals surface area contributed by atoms with Crippen LogP contribution in [0.2, 0.25) is 0 Å². The van der Waals surface area contributed by atoms with Crippen LogP contribution in [0.1, 0.15) is 63.5 Å². The second-order valence-electron chi connectivity index (χ2n) is 11.0. The van der Waals surface area contributed by atoms with Gasteiger partial charge in [-0.05, 0) is 61.6 Å². The average Bonchev–Trinajstić information content (AvgIpc) is 2.89. The number of piperidine rings is 1. The first kappa shape index (κ1) is 28.3. The minimum absolute atomic E-state index is 0.0200. The summed E-state index contributed by atoms with van der Waals surface area (Å²) >= 11 is -1.66. The zero-order chi connectivity index (χ0) is 27.3. The summed E-state index contributed by atoms with van der Waals surface area (Å²) in [4.78, 5) is 21.8. The predicted molar refractivity (Wildman–Crippen MR) is 141 cm³/mol. The summed E-state index contributed by atoms with van der Waals surface area (Å²) in [7, 11) is 0. The molecule has 0 radical (unpaired) electrons. The third kappa shape index (κ3) is 7.21. The maximum absolute atomic E-state index is 11.7. The molecule has 1 aromatic carbocycles. The predicted octanol–water partition coefficient (Wildman–Crippen LogP) is 5.25. The lowest BCUT2D eigenvalue weighted by Gasteiger charge is -2.44. The maximum Gasteiger partial charge on any atom is 0.407 e. The summed E-state index contributed by atoms with van der Waals surface area (Å²) in [6.45, 7) is 9.97. The molecule has 4 rings (SSSR count). The van der Waals surface area contributed by atoms with E-state index in [4.69, 9.17) is 17.8 Å². The Morgan fingerprint density at radius 3 is 2.50 bits per heavy atom. The first-order chi connectivity index (χ1) is 18.1. The molecule has 2 aromatic rings. The number of hydrogen-bond acceptors (Lipinski definition) is 8. The molecule has 0 aliphatic carbocycles. The van der Waals surface area contributed by atoms with Gasteiger partial charge in [-0.3, -0.25) is 8.37 Å². The summed E-state index contributed by atoms with van der Waals surface area (Å²) < 4.78 is 33.3. The number of carboxylic acid groups (broad SMARTS) is 1. The molecule has 38 heavy (non-hydrogen) atoms. The Hall–Kier alpha value is -2.76. The van der Waals surface area contributed by atoms with Crippen molar-refractivity contribution in [2.45, 2.75) is 65.3 Å². The van der Waals surface area contributed by atoms with E-state index in [9.17, 15) is 14.1 Å². The minimum atomic E-state index is -1.66. The lowest BCUT2D eigenvalue weighted by Crippen LogP contribution is -2.51.